The van der Waals surface area contributed by atoms with Gasteiger partial charge in [-0.3, -0.25) is 4.79 Å². The molecule has 1 saturated heterocycles. The highest BCUT2D eigenvalue weighted by Gasteiger charge is 2.23. The van der Waals surface area contributed by atoms with Crippen LogP contribution in [0, 0.1) is 0 Å². The van der Waals surface area contributed by atoms with Crippen molar-refractivity contribution >= 4 is 22.6 Å². The number of ether oxygens (including phenoxy) is 1. The van der Waals surface area contributed by atoms with Gasteiger partial charge in [0.2, 0.25) is 0 Å². The average molecular weight is 364 g/mol. The number of rotatable bonds is 5. The molecule has 2 aromatic heterocycles. The number of hydrogen-bond acceptors (Lipinski definition) is 4. The summed E-state index contributed by atoms with van der Waals surface area (Å²) in [4.78, 5) is 21.6. The largest absolute Gasteiger partial charge is 0.383 e. The predicted octanol–water partition coefficient (Wildman–Crippen LogP) is 2.65. The first-order valence-electron chi connectivity index (χ1n) is 9.29. The zero-order valence-corrected chi connectivity index (χ0v) is 15.5. The Morgan fingerprint density at radius 3 is 2.70 bits per heavy atom. The Bertz CT molecular complexity index is 914. The van der Waals surface area contributed by atoms with Crippen molar-refractivity contribution in [1.29, 1.82) is 0 Å². The van der Waals surface area contributed by atoms with Gasteiger partial charge in [0.25, 0.3) is 5.91 Å². The fourth-order valence-electron chi connectivity index (χ4n) is 3.56. The molecule has 0 saturated carbocycles. The highest BCUT2D eigenvalue weighted by Crippen LogP contribution is 2.20. The van der Waals surface area contributed by atoms with E-state index < -0.39 is 0 Å². The number of hydrogen-bond donors (Lipinski definition) is 0. The molecular weight excluding hydrogens is 340 g/mol. The SMILES string of the molecule is COCCn1ccc2ccc(C(=O)N3CCN(c4ccccn4)CC3)cc21. The third-order valence-electron chi connectivity index (χ3n) is 5.10. The Kier molecular flexibility index (Phi) is 5.07. The summed E-state index contributed by atoms with van der Waals surface area (Å²) in [6, 6.07) is 13.9. The molecule has 0 aliphatic carbocycles. The van der Waals surface area contributed by atoms with E-state index in [-0.39, 0.29) is 5.91 Å². The van der Waals surface area contributed by atoms with E-state index >= 15 is 0 Å². The van der Waals surface area contributed by atoms with E-state index in [4.69, 9.17) is 4.74 Å². The summed E-state index contributed by atoms with van der Waals surface area (Å²) >= 11 is 0. The van der Waals surface area contributed by atoms with Gasteiger partial charge in [0.05, 0.1) is 6.61 Å². The smallest absolute Gasteiger partial charge is 0.254 e. The van der Waals surface area contributed by atoms with Crippen molar-refractivity contribution in [3.63, 3.8) is 0 Å². The number of carbonyl (C=O) groups is 1. The number of nitrogens with zero attached hydrogens (tertiary/aromatic N) is 4. The van der Waals surface area contributed by atoms with E-state index in [1.807, 2.05) is 47.5 Å². The number of pyridine rings is 1. The van der Waals surface area contributed by atoms with Crippen LogP contribution in [0.25, 0.3) is 10.9 Å². The number of piperazine rings is 1. The van der Waals surface area contributed by atoms with E-state index in [2.05, 4.69) is 20.5 Å². The molecule has 140 valence electrons. The van der Waals surface area contributed by atoms with Crippen molar-refractivity contribution in [3.05, 3.63) is 60.4 Å². The molecule has 1 aromatic carbocycles. The summed E-state index contributed by atoms with van der Waals surface area (Å²) < 4.78 is 7.31. The number of carbonyl (C=O) groups excluding carboxylic acids is 1. The molecule has 0 atom stereocenters. The van der Waals surface area contributed by atoms with Crippen LogP contribution in [0.2, 0.25) is 0 Å². The van der Waals surface area contributed by atoms with E-state index in [0.29, 0.717) is 19.7 Å². The highest BCUT2D eigenvalue weighted by atomic mass is 16.5. The Hall–Kier alpha value is -2.86. The summed E-state index contributed by atoms with van der Waals surface area (Å²) in [7, 11) is 1.70. The van der Waals surface area contributed by atoms with Gasteiger partial charge in [-0.1, -0.05) is 12.1 Å². The van der Waals surface area contributed by atoms with Gasteiger partial charge in [0.1, 0.15) is 5.82 Å². The maximum absolute atomic E-state index is 13.0. The summed E-state index contributed by atoms with van der Waals surface area (Å²) in [5.74, 6) is 1.07. The Balaban J connectivity index is 1.47. The molecule has 0 N–H and O–H groups in total. The van der Waals surface area contributed by atoms with Crippen molar-refractivity contribution in [3.8, 4) is 0 Å². The van der Waals surface area contributed by atoms with Crippen LogP contribution >= 0.6 is 0 Å². The minimum absolute atomic E-state index is 0.0945. The van der Waals surface area contributed by atoms with Gasteiger partial charge in [-0.05, 0) is 35.7 Å². The van der Waals surface area contributed by atoms with Crippen molar-refractivity contribution in [2.75, 3.05) is 44.8 Å². The van der Waals surface area contributed by atoms with Crippen molar-refractivity contribution in [2.45, 2.75) is 6.54 Å². The minimum atomic E-state index is 0.0945. The molecule has 3 aromatic rings. The van der Waals surface area contributed by atoms with Gasteiger partial charge in [-0.15, -0.1) is 0 Å². The van der Waals surface area contributed by atoms with Gasteiger partial charge >= 0.3 is 0 Å². The van der Waals surface area contributed by atoms with Crippen molar-refractivity contribution in [2.24, 2.45) is 0 Å². The standard InChI is InChI=1S/C21H24N4O2/c1-27-15-14-23-9-7-17-5-6-18(16-19(17)23)21(26)25-12-10-24(11-13-25)20-4-2-3-8-22-20/h2-9,16H,10-15H2,1H3. The first-order valence-corrected chi connectivity index (χ1v) is 9.29. The number of methoxy groups -OCH3 is 1. The second-order valence-electron chi connectivity index (χ2n) is 6.74. The Morgan fingerprint density at radius 1 is 1.11 bits per heavy atom. The molecule has 1 amide bonds. The molecular formula is C21H24N4O2. The fraction of sp³-hybridized carbons (Fsp3) is 0.333. The Labute approximate surface area is 159 Å². The zero-order valence-electron chi connectivity index (χ0n) is 15.5. The van der Waals surface area contributed by atoms with Crippen LogP contribution in [0.5, 0.6) is 0 Å². The first kappa shape index (κ1) is 17.5. The van der Waals surface area contributed by atoms with E-state index in [0.717, 1.165) is 41.9 Å². The molecule has 1 aliphatic heterocycles. The third kappa shape index (κ3) is 3.66. The van der Waals surface area contributed by atoms with E-state index in [1.165, 1.54) is 0 Å². The monoisotopic (exact) mass is 364 g/mol. The van der Waals surface area contributed by atoms with Crippen LogP contribution in [0.3, 0.4) is 0 Å². The molecule has 1 fully saturated rings. The van der Waals surface area contributed by atoms with Crippen molar-refractivity contribution in [1.82, 2.24) is 14.5 Å². The predicted molar refractivity (Wildman–Crippen MR) is 106 cm³/mol. The molecule has 0 radical (unpaired) electrons. The molecule has 27 heavy (non-hydrogen) atoms. The second kappa shape index (κ2) is 7.80. The quantitative estimate of drug-likeness (QED) is 0.698. The number of amides is 1. The topological polar surface area (TPSA) is 50.6 Å². The van der Waals surface area contributed by atoms with Gasteiger partial charge in [0, 0.05) is 63.3 Å². The maximum Gasteiger partial charge on any atom is 0.254 e. The first-order chi connectivity index (χ1) is 13.3. The number of fused-ring (bicyclic) bond motifs is 1. The summed E-state index contributed by atoms with van der Waals surface area (Å²) in [6.07, 6.45) is 3.85. The lowest BCUT2D eigenvalue weighted by Crippen LogP contribution is -2.49. The van der Waals surface area contributed by atoms with Crippen LogP contribution in [-0.4, -0.2) is 60.3 Å². The maximum atomic E-state index is 13.0. The van der Waals surface area contributed by atoms with Gasteiger partial charge < -0.3 is 19.1 Å². The lowest BCUT2D eigenvalue weighted by atomic mass is 10.1. The molecule has 6 heteroatoms. The molecule has 3 heterocycles. The lowest BCUT2D eigenvalue weighted by Gasteiger charge is -2.35. The minimum Gasteiger partial charge on any atom is -0.383 e. The average Bonchev–Trinajstić information content (AvgIpc) is 3.14. The molecule has 1 aliphatic rings. The fourth-order valence-corrected chi connectivity index (χ4v) is 3.56. The van der Waals surface area contributed by atoms with Gasteiger partial charge in [-0.25, -0.2) is 4.98 Å². The number of benzene rings is 1. The lowest BCUT2D eigenvalue weighted by molar-refractivity contribution is 0.0746. The van der Waals surface area contributed by atoms with Gasteiger partial charge in [-0.2, -0.15) is 0 Å². The summed E-state index contributed by atoms with van der Waals surface area (Å²) in [5, 5.41) is 1.14. The number of aromatic nitrogens is 2. The van der Waals surface area contributed by atoms with Crippen LogP contribution < -0.4 is 4.90 Å². The highest BCUT2D eigenvalue weighted by molar-refractivity contribution is 5.98. The molecule has 6 nitrogen and oxygen atoms in total. The second-order valence-corrected chi connectivity index (χ2v) is 6.74. The van der Waals surface area contributed by atoms with Crippen LogP contribution in [-0.2, 0) is 11.3 Å². The summed E-state index contributed by atoms with van der Waals surface area (Å²) in [6.45, 7) is 4.44. The van der Waals surface area contributed by atoms with E-state index in [9.17, 15) is 4.79 Å². The van der Waals surface area contributed by atoms with Crippen LogP contribution in [0.4, 0.5) is 5.82 Å². The molecule has 0 bridgehead atoms. The normalized spacial score (nSPS) is 14.7. The molecule has 0 spiro atoms. The number of anilines is 1. The van der Waals surface area contributed by atoms with Gasteiger partial charge in [0.15, 0.2) is 0 Å². The van der Waals surface area contributed by atoms with Crippen molar-refractivity contribution < 1.29 is 9.53 Å². The third-order valence-corrected chi connectivity index (χ3v) is 5.10. The van der Waals surface area contributed by atoms with E-state index in [1.54, 1.807) is 13.3 Å². The van der Waals surface area contributed by atoms with Crippen LogP contribution in [0.15, 0.2) is 54.9 Å². The summed E-state index contributed by atoms with van der Waals surface area (Å²) in [5.41, 5.74) is 1.82. The molecule has 4 rings (SSSR count). The Morgan fingerprint density at radius 2 is 1.96 bits per heavy atom. The zero-order chi connectivity index (χ0) is 18.6. The van der Waals surface area contributed by atoms with Crippen LogP contribution in [0.1, 0.15) is 10.4 Å². The molecule has 0 unspecified atom stereocenters.